The number of aryl methyl sites for hydroxylation is 1. The number of hydrogen-bond acceptors (Lipinski definition) is 7. The summed E-state index contributed by atoms with van der Waals surface area (Å²) in [6.45, 7) is 5.89. The first-order valence-electron chi connectivity index (χ1n) is 13.4. The van der Waals surface area contributed by atoms with Crippen molar-refractivity contribution >= 4 is 16.6 Å². The van der Waals surface area contributed by atoms with Gasteiger partial charge in [0.2, 0.25) is 0 Å². The average Bonchev–Trinajstić information content (AvgIpc) is 3.62. The normalized spacial score (nSPS) is 19.3. The zero-order chi connectivity index (χ0) is 26.1. The highest BCUT2D eigenvalue weighted by atomic mass is 19.1. The number of para-hydroxylation sites is 1. The molecule has 0 saturated carbocycles. The molecule has 0 bridgehead atoms. The number of nitrogens with one attached hydrogen (secondary N) is 1. The highest BCUT2D eigenvalue weighted by molar-refractivity contribution is 5.80. The van der Waals surface area contributed by atoms with Gasteiger partial charge in [-0.3, -0.25) is 9.69 Å². The topological polar surface area (TPSA) is 92.2 Å². The number of benzene rings is 2. The monoisotopic (exact) mass is 517 g/mol. The Morgan fingerprint density at radius 2 is 1.97 bits per heavy atom. The molecule has 10 heteroatoms. The van der Waals surface area contributed by atoms with E-state index < -0.39 is 6.04 Å². The molecule has 0 unspecified atom stereocenters. The molecule has 9 nitrogen and oxygen atoms in total. The van der Waals surface area contributed by atoms with E-state index in [0.717, 1.165) is 36.8 Å². The number of piperazine rings is 1. The van der Waals surface area contributed by atoms with Crippen LogP contribution >= 0.6 is 0 Å². The van der Waals surface area contributed by atoms with Crippen LogP contribution in [0.4, 0.5) is 10.1 Å². The number of tetrazole rings is 1. The summed E-state index contributed by atoms with van der Waals surface area (Å²) in [4.78, 5) is 20.9. The minimum Gasteiger partial charge on any atom is -0.376 e. The molecule has 2 fully saturated rings. The molecule has 2 atom stereocenters. The second-order valence-corrected chi connectivity index (χ2v) is 10.1. The van der Waals surface area contributed by atoms with Crippen molar-refractivity contribution in [3.63, 3.8) is 0 Å². The predicted octanol–water partition coefficient (Wildman–Crippen LogP) is 3.31. The Labute approximate surface area is 220 Å². The zero-order valence-electron chi connectivity index (χ0n) is 21.5. The predicted molar refractivity (Wildman–Crippen MR) is 143 cm³/mol. The van der Waals surface area contributed by atoms with Crippen molar-refractivity contribution in [2.24, 2.45) is 0 Å². The maximum atomic E-state index is 14.5. The summed E-state index contributed by atoms with van der Waals surface area (Å²) in [5.41, 5.74) is 3.05. The van der Waals surface area contributed by atoms with E-state index in [1.54, 1.807) is 10.7 Å². The molecule has 2 aliphatic rings. The van der Waals surface area contributed by atoms with E-state index in [9.17, 15) is 9.18 Å². The van der Waals surface area contributed by atoms with Gasteiger partial charge in [-0.15, -0.1) is 5.10 Å². The van der Waals surface area contributed by atoms with Gasteiger partial charge in [-0.1, -0.05) is 25.1 Å². The lowest BCUT2D eigenvalue weighted by molar-refractivity contribution is 0.0906. The molecule has 0 spiro atoms. The number of pyridine rings is 1. The number of fused-ring (bicyclic) bond motifs is 1. The Morgan fingerprint density at radius 3 is 2.74 bits per heavy atom. The molecule has 4 heterocycles. The molecule has 2 aromatic carbocycles. The quantitative estimate of drug-likeness (QED) is 0.402. The van der Waals surface area contributed by atoms with Crippen LogP contribution in [0.3, 0.4) is 0 Å². The number of aromatic nitrogens is 5. The van der Waals surface area contributed by atoms with Crippen LogP contribution in [-0.4, -0.2) is 69.0 Å². The zero-order valence-corrected chi connectivity index (χ0v) is 21.5. The second-order valence-electron chi connectivity index (χ2n) is 10.1. The first-order chi connectivity index (χ1) is 18.6. The molecule has 1 N–H and O–H groups in total. The summed E-state index contributed by atoms with van der Waals surface area (Å²) in [7, 11) is 0. The fourth-order valence-corrected chi connectivity index (χ4v) is 5.64. The molecule has 0 amide bonds. The molecule has 0 radical (unpaired) electrons. The lowest BCUT2D eigenvalue weighted by Gasteiger charge is -2.39. The Bertz CT molecular complexity index is 1470. The number of rotatable bonds is 7. The van der Waals surface area contributed by atoms with Gasteiger partial charge in [0.1, 0.15) is 11.9 Å². The Balaban J connectivity index is 1.38. The standard InChI is InChI=1S/C28H32FN7O2/c1-2-19-9-10-24-20(16-19)17-22(28(37)30-24)26(27-31-32-33-36(27)18-21-6-5-15-38-21)35-13-11-34(12-14-35)25-8-4-3-7-23(25)29/h3-4,7-10,16-17,21,26H,2,5-6,11-15,18H2,1H3,(H,30,37)/t21-,26+/m0/s1. The molecule has 2 aromatic heterocycles. The van der Waals surface area contributed by atoms with Gasteiger partial charge < -0.3 is 14.6 Å². The second kappa shape index (κ2) is 10.6. The molecule has 198 valence electrons. The van der Waals surface area contributed by atoms with Crippen LogP contribution in [-0.2, 0) is 17.7 Å². The molecule has 2 aliphatic heterocycles. The van der Waals surface area contributed by atoms with Crippen LogP contribution < -0.4 is 10.5 Å². The van der Waals surface area contributed by atoms with E-state index in [-0.39, 0.29) is 17.5 Å². The van der Waals surface area contributed by atoms with Crippen molar-refractivity contribution < 1.29 is 9.13 Å². The number of anilines is 1. The third kappa shape index (κ3) is 4.81. The van der Waals surface area contributed by atoms with Gasteiger partial charge in [0.25, 0.3) is 5.56 Å². The minimum absolute atomic E-state index is 0.0535. The van der Waals surface area contributed by atoms with Crippen LogP contribution in [0.15, 0.2) is 53.3 Å². The summed E-state index contributed by atoms with van der Waals surface area (Å²) in [6.07, 6.45) is 2.94. The molecular weight excluding hydrogens is 485 g/mol. The fraction of sp³-hybridized carbons (Fsp3) is 0.429. The molecule has 2 saturated heterocycles. The van der Waals surface area contributed by atoms with E-state index in [1.165, 1.54) is 11.6 Å². The number of H-pyrrole nitrogens is 1. The van der Waals surface area contributed by atoms with Gasteiger partial charge in [0, 0.05) is 43.9 Å². The van der Waals surface area contributed by atoms with Crippen molar-refractivity contribution in [2.45, 2.75) is 44.9 Å². The smallest absolute Gasteiger partial charge is 0.253 e. The number of ether oxygens (including phenoxy) is 1. The van der Waals surface area contributed by atoms with E-state index in [0.29, 0.717) is 49.8 Å². The summed E-state index contributed by atoms with van der Waals surface area (Å²) in [6, 6.07) is 14.5. The van der Waals surface area contributed by atoms with Crippen LogP contribution in [0.5, 0.6) is 0 Å². The van der Waals surface area contributed by atoms with Gasteiger partial charge >= 0.3 is 0 Å². The SMILES string of the molecule is CCc1ccc2[nH]c(=O)c([C@H](c3nnnn3C[C@@H]3CCCO3)N3CCN(c4ccccc4F)CC3)cc2c1. The largest absolute Gasteiger partial charge is 0.376 e. The summed E-state index contributed by atoms with van der Waals surface area (Å²) in [5.74, 6) is 0.395. The molecule has 4 aromatic rings. The Kier molecular flexibility index (Phi) is 6.90. The van der Waals surface area contributed by atoms with Crippen LogP contribution in [0.1, 0.15) is 42.8 Å². The number of halogens is 1. The van der Waals surface area contributed by atoms with E-state index >= 15 is 0 Å². The number of aromatic amines is 1. The lowest BCUT2D eigenvalue weighted by Crippen LogP contribution is -2.49. The summed E-state index contributed by atoms with van der Waals surface area (Å²) < 4.78 is 22.1. The number of hydrogen-bond donors (Lipinski definition) is 1. The lowest BCUT2D eigenvalue weighted by atomic mass is 10.0. The summed E-state index contributed by atoms with van der Waals surface area (Å²) in [5, 5.41) is 13.7. The van der Waals surface area contributed by atoms with Crippen molar-refractivity contribution in [3.05, 3.63) is 81.7 Å². The Morgan fingerprint density at radius 1 is 1.13 bits per heavy atom. The van der Waals surface area contributed by atoms with E-state index in [1.807, 2.05) is 30.3 Å². The maximum absolute atomic E-state index is 14.5. The van der Waals surface area contributed by atoms with Crippen molar-refractivity contribution in [2.75, 3.05) is 37.7 Å². The molecule has 0 aliphatic carbocycles. The average molecular weight is 518 g/mol. The van der Waals surface area contributed by atoms with Crippen LogP contribution in [0.25, 0.3) is 10.9 Å². The fourth-order valence-electron chi connectivity index (χ4n) is 5.64. The summed E-state index contributed by atoms with van der Waals surface area (Å²) >= 11 is 0. The van der Waals surface area contributed by atoms with Gasteiger partial charge in [0.15, 0.2) is 5.82 Å². The van der Waals surface area contributed by atoms with Crippen molar-refractivity contribution in [1.82, 2.24) is 30.1 Å². The first kappa shape index (κ1) is 24.7. The molecular formula is C28H32FN7O2. The third-order valence-corrected chi connectivity index (χ3v) is 7.72. The maximum Gasteiger partial charge on any atom is 0.253 e. The van der Waals surface area contributed by atoms with Gasteiger partial charge in [0.05, 0.1) is 18.3 Å². The van der Waals surface area contributed by atoms with Crippen molar-refractivity contribution in [1.29, 1.82) is 0 Å². The first-order valence-corrected chi connectivity index (χ1v) is 13.4. The van der Waals surface area contributed by atoms with Gasteiger partial charge in [-0.05, 0) is 71.0 Å². The number of nitrogens with zero attached hydrogens (tertiary/aromatic N) is 6. The third-order valence-electron chi connectivity index (χ3n) is 7.72. The highest BCUT2D eigenvalue weighted by Crippen LogP contribution is 2.30. The van der Waals surface area contributed by atoms with E-state index in [4.69, 9.17) is 4.74 Å². The molecule has 6 rings (SSSR count). The van der Waals surface area contributed by atoms with Crippen LogP contribution in [0.2, 0.25) is 0 Å². The van der Waals surface area contributed by atoms with Crippen molar-refractivity contribution in [3.8, 4) is 0 Å². The van der Waals surface area contributed by atoms with Gasteiger partial charge in [-0.25, -0.2) is 9.07 Å². The van der Waals surface area contributed by atoms with Gasteiger partial charge in [-0.2, -0.15) is 0 Å². The Hall–Kier alpha value is -3.63. The van der Waals surface area contributed by atoms with E-state index in [2.05, 4.69) is 43.3 Å². The highest BCUT2D eigenvalue weighted by Gasteiger charge is 2.34. The van der Waals surface area contributed by atoms with Crippen LogP contribution in [0, 0.1) is 5.82 Å². The molecule has 38 heavy (non-hydrogen) atoms. The minimum atomic E-state index is -0.451.